The standard InChI is InChI=1S/C14H11ClO5/c1-3-20-14(19)7-4-8-10(16)5-9(15)13(18)11(8)12(17)6(7)2/h4-5,17H,3H2,1-2H3. The molecule has 0 atom stereocenters. The number of ketones is 2. The van der Waals surface area contributed by atoms with E-state index in [0.717, 1.165) is 6.08 Å². The largest absolute Gasteiger partial charge is 0.507 e. The van der Waals surface area contributed by atoms with Gasteiger partial charge < -0.3 is 9.84 Å². The van der Waals surface area contributed by atoms with E-state index in [4.69, 9.17) is 16.3 Å². The number of hydrogen-bond acceptors (Lipinski definition) is 5. The summed E-state index contributed by atoms with van der Waals surface area (Å²) in [5, 5.41) is 9.82. The van der Waals surface area contributed by atoms with Gasteiger partial charge in [0, 0.05) is 17.2 Å². The Labute approximate surface area is 119 Å². The van der Waals surface area contributed by atoms with E-state index in [-0.39, 0.29) is 33.9 Å². The number of aromatic hydroxyl groups is 1. The minimum atomic E-state index is -0.663. The molecule has 1 aromatic rings. The van der Waals surface area contributed by atoms with Gasteiger partial charge in [0.2, 0.25) is 5.78 Å². The van der Waals surface area contributed by atoms with Crippen LogP contribution in [0.3, 0.4) is 0 Å². The minimum Gasteiger partial charge on any atom is -0.507 e. The van der Waals surface area contributed by atoms with E-state index in [1.807, 2.05) is 0 Å². The number of esters is 1. The monoisotopic (exact) mass is 294 g/mol. The number of carbonyl (C=O) groups is 3. The highest BCUT2D eigenvalue weighted by molar-refractivity contribution is 6.49. The number of halogens is 1. The Morgan fingerprint density at radius 2 is 2.05 bits per heavy atom. The van der Waals surface area contributed by atoms with Gasteiger partial charge in [-0.25, -0.2) is 4.79 Å². The second kappa shape index (κ2) is 5.09. The lowest BCUT2D eigenvalue weighted by Gasteiger charge is -2.17. The van der Waals surface area contributed by atoms with Crippen LogP contribution in [-0.2, 0) is 4.74 Å². The predicted octanol–water partition coefficient (Wildman–Crippen LogP) is 2.38. The smallest absolute Gasteiger partial charge is 0.338 e. The molecule has 0 heterocycles. The van der Waals surface area contributed by atoms with Crippen LogP contribution in [0.25, 0.3) is 0 Å². The van der Waals surface area contributed by atoms with Crippen molar-refractivity contribution in [2.45, 2.75) is 13.8 Å². The summed E-state index contributed by atoms with van der Waals surface area (Å²) in [4.78, 5) is 35.6. The van der Waals surface area contributed by atoms with Crippen molar-refractivity contribution >= 4 is 29.1 Å². The fraction of sp³-hybridized carbons (Fsp3) is 0.214. The lowest BCUT2D eigenvalue weighted by molar-refractivity contribution is 0.0524. The summed E-state index contributed by atoms with van der Waals surface area (Å²) in [6.07, 6.45) is 0.968. The van der Waals surface area contributed by atoms with Crippen LogP contribution >= 0.6 is 11.6 Å². The Morgan fingerprint density at radius 1 is 1.40 bits per heavy atom. The summed E-state index contributed by atoms with van der Waals surface area (Å²) in [6.45, 7) is 3.27. The summed E-state index contributed by atoms with van der Waals surface area (Å²) >= 11 is 5.65. The molecule has 1 aromatic carbocycles. The Kier molecular flexibility index (Phi) is 3.63. The highest BCUT2D eigenvalue weighted by Gasteiger charge is 2.31. The first kappa shape index (κ1) is 14.3. The van der Waals surface area contributed by atoms with Crippen molar-refractivity contribution in [1.29, 1.82) is 0 Å². The summed E-state index contributed by atoms with van der Waals surface area (Å²) in [5.41, 5.74) is 0.00370. The fourth-order valence-electron chi connectivity index (χ4n) is 1.99. The van der Waals surface area contributed by atoms with Crippen molar-refractivity contribution in [2.75, 3.05) is 6.61 Å². The number of allylic oxidation sites excluding steroid dienone is 2. The zero-order chi connectivity index (χ0) is 15.0. The maximum atomic E-state index is 11.9. The van der Waals surface area contributed by atoms with Crippen LogP contribution in [0.15, 0.2) is 17.2 Å². The average molecular weight is 295 g/mol. The highest BCUT2D eigenvalue weighted by Crippen LogP contribution is 2.35. The maximum absolute atomic E-state index is 11.9. The van der Waals surface area contributed by atoms with Gasteiger partial charge >= 0.3 is 5.97 Å². The Morgan fingerprint density at radius 3 is 2.65 bits per heavy atom. The van der Waals surface area contributed by atoms with Crippen molar-refractivity contribution in [3.63, 3.8) is 0 Å². The van der Waals surface area contributed by atoms with Crippen molar-refractivity contribution in [1.82, 2.24) is 0 Å². The van der Waals surface area contributed by atoms with Gasteiger partial charge in [-0.3, -0.25) is 9.59 Å². The lowest BCUT2D eigenvalue weighted by Crippen LogP contribution is -2.18. The molecule has 0 amide bonds. The van der Waals surface area contributed by atoms with Gasteiger partial charge in [0.1, 0.15) is 5.75 Å². The molecule has 0 aromatic heterocycles. The normalized spacial score (nSPS) is 13.8. The van der Waals surface area contributed by atoms with E-state index in [9.17, 15) is 19.5 Å². The minimum absolute atomic E-state index is 0.0504. The zero-order valence-electron chi connectivity index (χ0n) is 10.8. The number of phenols is 1. The van der Waals surface area contributed by atoms with Crippen molar-refractivity contribution in [2.24, 2.45) is 0 Å². The number of phenolic OH excluding ortho intramolecular Hbond substituents is 1. The number of carbonyl (C=O) groups excluding carboxylic acids is 3. The molecule has 0 saturated heterocycles. The highest BCUT2D eigenvalue weighted by atomic mass is 35.5. The topological polar surface area (TPSA) is 80.7 Å². The predicted molar refractivity (Wildman–Crippen MR) is 71.4 cm³/mol. The molecule has 0 unspecified atom stereocenters. The first-order chi connectivity index (χ1) is 9.38. The Hall–Kier alpha value is -2.14. The first-order valence-electron chi connectivity index (χ1n) is 5.88. The van der Waals surface area contributed by atoms with E-state index in [1.54, 1.807) is 6.92 Å². The molecule has 0 saturated carbocycles. The summed E-state index contributed by atoms with van der Waals surface area (Å²) in [7, 11) is 0. The number of fused-ring (bicyclic) bond motifs is 1. The fourth-order valence-corrected chi connectivity index (χ4v) is 2.18. The molecule has 0 spiro atoms. The first-order valence-corrected chi connectivity index (χ1v) is 6.26. The van der Waals surface area contributed by atoms with Gasteiger partial charge in [-0.15, -0.1) is 0 Å². The van der Waals surface area contributed by atoms with E-state index in [0.29, 0.717) is 0 Å². The van der Waals surface area contributed by atoms with Gasteiger partial charge in [0.15, 0.2) is 5.78 Å². The lowest BCUT2D eigenvalue weighted by atomic mass is 9.89. The average Bonchev–Trinajstić information content (AvgIpc) is 2.39. The third-order valence-corrected chi connectivity index (χ3v) is 3.30. The molecule has 2 rings (SSSR count). The molecular formula is C14H11ClO5. The molecule has 1 aliphatic carbocycles. The molecule has 0 fully saturated rings. The molecule has 0 aliphatic heterocycles. The second-order valence-corrected chi connectivity index (χ2v) is 4.63. The van der Waals surface area contributed by atoms with Gasteiger partial charge in [-0.2, -0.15) is 0 Å². The van der Waals surface area contributed by atoms with Gasteiger partial charge in [-0.05, 0) is 19.9 Å². The van der Waals surface area contributed by atoms with E-state index >= 15 is 0 Å². The van der Waals surface area contributed by atoms with Crippen LogP contribution in [0.2, 0.25) is 0 Å². The van der Waals surface area contributed by atoms with Crippen molar-refractivity contribution in [3.05, 3.63) is 39.4 Å². The van der Waals surface area contributed by atoms with E-state index < -0.39 is 23.3 Å². The van der Waals surface area contributed by atoms with Crippen LogP contribution in [0, 0.1) is 6.92 Å². The number of hydrogen-bond donors (Lipinski definition) is 1. The van der Waals surface area contributed by atoms with Gasteiger partial charge in [0.25, 0.3) is 0 Å². The molecule has 6 heteroatoms. The molecule has 20 heavy (non-hydrogen) atoms. The Bertz CT molecular complexity index is 673. The van der Waals surface area contributed by atoms with Crippen LogP contribution in [-0.4, -0.2) is 29.2 Å². The van der Waals surface area contributed by atoms with Crippen LogP contribution in [0.1, 0.15) is 43.6 Å². The number of benzene rings is 1. The molecule has 104 valence electrons. The molecule has 1 N–H and O–H groups in total. The summed E-state index contributed by atoms with van der Waals surface area (Å²) in [5.74, 6) is -2.26. The van der Waals surface area contributed by atoms with Crippen molar-refractivity contribution < 1.29 is 24.2 Å². The van der Waals surface area contributed by atoms with E-state index in [2.05, 4.69) is 0 Å². The van der Waals surface area contributed by atoms with Gasteiger partial charge in [0.05, 0.1) is 22.8 Å². The number of ether oxygens (including phenoxy) is 1. The molecule has 0 bridgehead atoms. The van der Waals surface area contributed by atoms with Crippen molar-refractivity contribution in [3.8, 4) is 5.75 Å². The third kappa shape index (κ3) is 2.10. The summed E-state index contributed by atoms with van der Waals surface area (Å²) < 4.78 is 4.85. The Balaban J connectivity index is 2.69. The quantitative estimate of drug-likeness (QED) is 0.847. The zero-order valence-corrected chi connectivity index (χ0v) is 11.6. The molecule has 1 aliphatic rings. The number of rotatable bonds is 2. The third-order valence-electron chi connectivity index (χ3n) is 3.02. The SMILES string of the molecule is CCOC(=O)c1cc2c(c(O)c1C)C(=O)C(Cl)=CC2=O. The molecule has 5 nitrogen and oxygen atoms in total. The molecular weight excluding hydrogens is 284 g/mol. The van der Waals surface area contributed by atoms with E-state index in [1.165, 1.54) is 13.0 Å². The van der Waals surface area contributed by atoms with Crippen LogP contribution in [0.5, 0.6) is 5.75 Å². The summed E-state index contributed by atoms with van der Waals surface area (Å²) in [6, 6.07) is 1.25. The van der Waals surface area contributed by atoms with Crippen LogP contribution < -0.4 is 0 Å². The number of Topliss-reactive ketones (excluding diaryl/α,β-unsaturated/α-hetero) is 1. The second-order valence-electron chi connectivity index (χ2n) is 4.23. The van der Waals surface area contributed by atoms with Crippen LogP contribution in [0.4, 0.5) is 0 Å². The van der Waals surface area contributed by atoms with Gasteiger partial charge in [-0.1, -0.05) is 11.6 Å². The maximum Gasteiger partial charge on any atom is 0.338 e. The molecule has 0 radical (unpaired) electrons.